The summed E-state index contributed by atoms with van der Waals surface area (Å²) in [4.78, 5) is 34.7. The molecule has 0 saturated carbocycles. The summed E-state index contributed by atoms with van der Waals surface area (Å²) in [6, 6.07) is 39.3. The number of aromatic nitrogens is 9. The van der Waals surface area contributed by atoms with E-state index < -0.39 is 7.14 Å². The van der Waals surface area contributed by atoms with E-state index in [1.165, 1.54) is 0 Å². The quantitative estimate of drug-likeness (QED) is 0.183. The predicted molar refractivity (Wildman–Crippen MR) is 204 cm³/mol. The molecule has 10 aromatic rings. The highest BCUT2D eigenvalue weighted by Crippen LogP contribution is 2.54. The van der Waals surface area contributed by atoms with Gasteiger partial charge in [0.2, 0.25) is 11.9 Å². The number of rotatable bonds is 4. The molecule has 0 bridgehead atoms. The van der Waals surface area contributed by atoms with E-state index in [4.69, 9.17) is 34.9 Å². The fourth-order valence-electron chi connectivity index (χ4n) is 7.67. The largest absolute Gasteiger partial charge is 0.309 e. The number of benzene rings is 3. The van der Waals surface area contributed by atoms with E-state index in [2.05, 4.69) is 0 Å². The molecule has 0 N–H and O–H groups in total. The molecule has 244 valence electrons. The zero-order valence-corrected chi connectivity index (χ0v) is 28.1. The molecule has 8 heterocycles. The zero-order chi connectivity index (χ0) is 34.4. The molecule has 0 spiro atoms. The third-order valence-corrected chi connectivity index (χ3v) is 13.0. The summed E-state index contributed by atoms with van der Waals surface area (Å²) in [5.41, 5.74) is 5.11. The van der Waals surface area contributed by atoms with E-state index in [1.807, 2.05) is 130 Å². The van der Waals surface area contributed by atoms with Crippen molar-refractivity contribution in [2.75, 3.05) is 0 Å². The number of hydrogen-bond donors (Lipinski definition) is 0. The summed E-state index contributed by atoms with van der Waals surface area (Å²) >= 11 is 0. The summed E-state index contributed by atoms with van der Waals surface area (Å²) in [6.07, 6.45) is 7.01. The van der Waals surface area contributed by atoms with Crippen LogP contribution in [0, 0.1) is 0 Å². The highest BCUT2D eigenvalue weighted by atomic mass is 31.2. The Kier molecular flexibility index (Phi) is 6.00. The Bertz CT molecular complexity index is 2900. The van der Waals surface area contributed by atoms with Crippen molar-refractivity contribution in [3.05, 3.63) is 146 Å². The number of pyridine rings is 4. The van der Waals surface area contributed by atoms with Gasteiger partial charge in [0, 0.05) is 73.4 Å². The van der Waals surface area contributed by atoms with Gasteiger partial charge in [0.05, 0.1) is 0 Å². The molecular formula is C41H24N9OP. The van der Waals surface area contributed by atoms with Crippen molar-refractivity contribution >= 4 is 67.2 Å². The first kappa shape index (κ1) is 28.9. The van der Waals surface area contributed by atoms with Crippen LogP contribution >= 0.6 is 7.14 Å². The Labute approximate surface area is 295 Å². The van der Waals surface area contributed by atoms with Crippen LogP contribution in [0.15, 0.2) is 146 Å². The summed E-state index contributed by atoms with van der Waals surface area (Å²) < 4.78 is 19.2. The minimum absolute atomic E-state index is 0.328. The molecule has 10 nitrogen and oxygen atoms in total. The van der Waals surface area contributed by atoms with Gasteiger partial charge in [-0.2, -0.15) is 15.0 Å². The maximum atomic E-state index is 15.4. The van der Waals surface area contributed by atoms with Crippen LogP contribution in [0.1, 0.15) is 0 Å². The highest BCUT2D eigenvalue weighted by Gasteiger charge is 2.41. The zero-order valence-electron chi connectivity index (χ0n) is 27.2. The summed E-state index contributed by atoms with van der Waals surface area (Å²) in [6.45, 7) is 0. The molecule has 52 heavy (non-hydrogen) atoms. The molecule has 11 rings (SSSR count). The second-order valence-corrected chi connectivity index (χ2v) is 15.3. The molecule has 3 aromatic carbocycles. The Morgan fingerprint density at radius 3 is 1.42 bits per heavy atom. The van der Waals surface area contributed by atoms with E-state index >= 15 is 4.57 Å². The van der Waals surface area contributed by atoms with Gasteiger partial charge in [0.25, 0.3) is 0 Å². The third kappa shape index (κ3) is 3.89. The van der Waals surface area contributed by atoms with E-state index in [0.717, 1.165) is 54.1 Å². The molecule has 0 radical (unpaired) electrons. The SMILES string of the molecule is O=P1(c2ccccc2)c2ccccc2-c2c(-c3nc(-n4c5ncccc5c5cccnc54)nc(-n4c5ncccc5c5cccnc54)n3)cccc21. The predicted octanol–water partition coefficient (Wildman–Crippen LogP) is 6.93. The molecule has 11 heteroatoms. The normalized spacial score (nSPS) is 15.1. The topological polar surface area (TPSA) is 117 Å². The lowest BCUT2D eigenvalue weighted by Crippen LogP contribution is -2.20. The monoisotopic (exact) mass is 689 g/mol. The standard InChI is InChI=1S/C41H24N9OP/c51-52(25-11-2-1-3-12-25)32-19-5-4-13-30(32)34-31(14-6-20-33(34)52)35-46-40(49-36-26(15-7-21-42-36)27-16-8-22-43-37(27)49)48-41(47-35)50-38-28(17-9-23-44-38)29-18-10-24-45-39(29)50/h1-24H. The molecule has 0 amide bonds. The van der Waals surface area contributed by atoms with Crippen LogP contribution in [-0.2, 0) is 4.57 Å². The van der Waals surface area contributed by atoms with Crippen molar-refractivity contribution in [2.24, 2.45) is 0 Å². The van der Waals surface area contributed by atoms with Crippen molar-refractivity contribution in [3.63, 3.8) is 0 Å². The van der Waals surface area contributed by atoms with Gasteiger partial charge in [-0.15, -0.1) is 0 Å². The van der Waals surface area contributed by atoms with Crippen molar-refractivity contribution in [3.8, 4) is 34.4 Å². The van der Waals surface area contributed by atoms with Crippen molar-refractivity contribution in [1.29, 1.82) is 0 Å². The summed E-state index contributed by atoms with van der Waals surface area (Å²) in [5, 5.41) is 6.02. The van der Waals surface area contributed by atoms with Gasteiger partial charge in [-0.1, -0.05) is 72.8 Å². The van der Waals surface area contributed by atoms with E-state index in [-0.39, 0.29) is 0 Å². The molecule has 1 unspecified atom stereocenters. The van der Waals surface area contributed by atoms with Crippen molar-refractivity contribution in [1.82, 2.24) is 44.0 Å². The van der Waals surface area contributed by atoms with Gasteiger partial charge >= 0.3 is 0 Å². The smallest absolute Gasteiger partial charge is 0.242 e. The molecule has 1 aliphatic rings. The molecule has 1 aliphatic heterocycles. The first-order valence-corrected chi connectivity index (χ1v) is 18.5. The van der Waals surface area contributed by atoms with Gasteiger partial charge in [-0.25, -0.2) is 29.1 Å². The molecule has 7 aromatic heterocycles. The second-order valence-electron chi connectivity index (χ2n) is 12.6. The lowest BCUT2D eigenvalue weighted by atomic mass is 9.99. The summed E-state index contributed by atoms with van der Waals surface area (Å²) in [7, 11) is -3.22. The van der Waals surface area contributed by atoms with Gasteiger partial charge < -0.3 is 4.57 Å². The molecular weight excluding hydrogens is 665 g/mol. The second kappa shape index (κ2) is 10.8. The third-order valence-electron chi connectivity index (χ3n) is 9.84. The Hall–Kier alpha value is -6.90. The van der Waals surface area contributed by atoms with Crippen LogP contribution in [-0.4, -0.2) is 44.0 Å². The maximum Gasteiger partial charge on any atom is 0.242 e. The van der Waals surface area contributed by atoms with Gasteiger partial charge in [0.1, 0.15) is 22.6 Å². The molecule has 0 saturated heterocycles. The van der Waals surface area contributed by atoms with Gasteiger partial charge in [-0.3, -0.25) is 0 Å². The molecule has 0 aliphatic carbocycles. The fraction of sp³-hybridized carbons (Fsp3) is 0. The van der Waals surface area contributed by atoms with E-state index in [9.17, 15) is 0 Å². The van der Waals surface area contributed by atoms with Crippen LogP contribution in [0.2, 0.25) is 0 Å². The first-order chi connectivity index (χ1) is 25.7. The van der Waals surface area contributed by atoms with E-state index in [0.29, 0.717) is 40.3 Å². The van der Waals surface area contributed by atoms with Gasteiger partial charge in [0.15, 0.2) is 13.0 Å². The minimum atomic E-state index is -3.22. The fourth-order valence-corrected chi connectivity index (χ4v) is 10.8. The van der Waals surface area contributed by atoms with Gasteiger partial charge in [-0.05, 0) is 54.1 Å². The summed E-state index contributed by atoms with van der Waals surface area (Å²) in [5.74, 6) is 1.06. The number of hydrogen-bond acceptors (Lipinski definition) is 8. The van der Waals surface area contributed by atoms with Crippen LogP contribution in [0.3, 0.4) is 0 Å². The lowest BCUT2D eigenvalue weighted by molar-refractivity contribution is 0.593. The maximum absolute atomic E-state index is 15.4. The Morgan fingerprint density at radius 1 is 0.423 bits per heavy atom. The van der Waals surface area contributed by atoms with Crippen LogP contribution < -0.4 is 15.9 Å². The Balaban J connectivity index is 1.26. The lowest BCUT2D eigenvalue weighted by Gasteiger charge is -2.16. The van der Waals surface area contributed by atoms with E-state index in [1.54, 1.807) is 24.8 Å². The van der Waals surface area contributed by atoms with Crippen molar-refractivity contribution in [2.45, 2.75) is 0 Å². The van der Waals surface area contributed by atoms with Crippen LogP contribution in [0.4, 0.5) is 0 Å². The minimum Gasteiger partial charge on any atom is -0.309 e. The average molecular weight is 690 g/mol. The van der Waals surface area contributed by atoms with Crippen LogP contribution in [0.5, 0.6) is 0 Å². The highest BCUT2D eigenvalue weighted by molar-refractivity contribution is 7.86. The number of fused-ring (bicyclic) bond motifs is 9. The van der Waals surface area contributed by atoms with Crippen LogP contribution in [0.25, 0.3) is 78.5 Å². The Morgan fingerprint density at radius 2 is 0.885 bits per heavy atom. The number of nitrogens with zero attached hydrogens (tertiary/aromatic N) is 9. The molecule has 0 fully saturated rings. The average Bonchev–Trinajstić information content (AvgIpc) is 3.83. The van der Waals surface area contributed by atoms with Crippen molar-refractivity contribution < 1.29 is 4.57 Å². The molecule has 1 atom stereocenters. The first-order valence-electron chi connectivity index (χ1n) is 16.8.